The molecule has 0 aliphatic heterocycles. The number of benzene rings is 1. The summed E-state index contributed by atoms with van der Waals surface area (Å²) >= 11 is 6.11. The highest BCUT2D eigenvalue weighted by molar-refractivity contribution is 6.33. The Kier molecular flexibility index (Phi) is 4.82. The maximum absolute atomic E-state index is 11.4. The van der Waals surface area contributed by atoms with E-state index in [0.29, 0.717) is 5.02 Å². The fourth-order valence-corrected chi connectivity index (χ4v) is 1.79. The van der Waals surface area contributed by atoms with Gasteiger partial charge in [0.25, 0.3) is 0 Å². The van der Waals surface area contributed by atoms with E-state index in [-0.39, 0.29) is 17.9 Å². The van der Waals surface area contributed by atoms with Crippen molar-refractivity contribution in [1.29, 1.82) is 0 Å². The number of aryl methyl sites for hydroxylation is 1. The minimum absolute atomic E-state index is 0.0392. The molecular formula is C13H18ClNO2. The van der Waals surface area contributed by atoms with E-state index in [2.05, 4.69) is 5.32 Å². The van der Waals surface area contributed by atoms with Crippen LogP contribution in [0.4, 0.5) is 5.69 Å². The number of anilines is 1. The zero-order valence-electron chi connectivity index (χ0n) is 10.6. The molecular weight excluding hydrogens is 238 g/mol. The summed E-state index contributed by atoms with van der Waals surface area (Å²) in [7, 11) is 1.39. The molecule has 94 valence electrons. The summed E-state index contributed by atoms with van der Waals surface area (Å²) in [6, 6.07) is 5.74. The van der Waals surface area contributed by atoms with E-state index in [0.717, 1.165) is 11.3 Å². The Morgan fingerprint density at radius 1 is 1.41 bits per heavy atom. The van der Waals surface area contributed by atoms with Crippen molar-refractivity contribution >= 4 is 23.3 Å². The SMILES string of the molecule is COC(=O)C(C)C(C)Nc1ccc(C)cc1Cl. The zero-order valence-corrected chi connectivity index (χ0v) is 11.3. The first kappa shape index (κ1) is 13.8. The van der Waals surface area contributed by atoms with Gasteiger partial charge in [-0.1, -0.05) is 17.7 Å². The molecule has 4 heteroatoms. The van der Waals surface area contributed by atoms with Crippen LogP contribution in [0.25, 0.3) is 0 Å². The van der Waals surface area contributed by atoms with Gasteiger partial charge in [0.1, 0.15) is 0 Å². The molecule has 3 nitrogen and oxygen atoms in total. The summed E-state index contributed by atoms with van der Waals surface area (Å²) in [5.74, 6) is -0.453. The first-order chi connectivity index (χ1) is 7.95. The second-order valence-electron chi connectivity index (χ2n) is 4.23. The number of ether oxygens (including phenoxy) is 1. The van der Waals surface area contributed by atoms with Crippen LogP contribution in [0.15, 0.2) is 18.2 Å². The summed E-state index contributed by atoms with van der Waals surface area (Å²) in [5.41, 5.74) is 1.94. The van der Waals surface area contributed by atoms with E-state index in [9.17, 15) is 4.79 Å². The predicted octanol–water partition coefficient (Wildman–Crippen LogP) is 3.26. The quantitative estimate of drug-likeness (QED) is 0.840. The Hall–Kier alpha value is -1.22. The van der Waals surface area contributed by atoms with Crippen LogP contribution in [-0.4, -0.2) is 19.1 Å². The number of nitrogens with one attached hydrogen (secondary N) is 1. The van der Waals surface area contributed by atoms with Gasteiger partial charge < -0.3 is 10.1 Å². The molecule has 0 saturated heterocycles. The Balaban J connectivity index is 2.74. The molecule has 0 aliphatic rings. The highest BCUT2D eigenvalue weighted by Crippen LogP contribution is 2.24. The van der Waals surface area contributed by atoms with Crippen molar-refractivity contribution in [3.8, 4) is 0 Å². The molecule has 0 saturated carbocycles. The summed E-state index contributed by atoms with van der Waals surface area (Å²) < 4.78 is 4.71. The number of halogens is 1. The van der Waals surface area contributed by atoms with E-state index in [1.54, 1.807) is 0 Å². The van der Waals surface area contributed by atoms with Gasteiger partial charge in [-0.15, -0.1) is 0 Å². The van der Waals surface area contributed by atoms with Crippen LogP contribution in [0.2, 0.25) is 5.02 Å². The number of esters is 1. The van der Waals surface area contributed by atoms with Gasteiger partial charge in [0.05, 0.1) is 23.7 Å². The van der Waals surface area contributed by atoms with Gasteiger partial charge in [-0.3, -0.25) is 4.79 Å². The van der Waals surface area contributed by atoms with Crippen LogP contribution in [0.3, 0.4) is 0 Å². The molecule has 2 unspecified atom stereocenters. The molecule has 1 aromatic rings. The van der Waals surface area contributed by atoms with Crippen molar-refractivity contribution in [3.63, 3.8) is 0 Å². The molecule has 0 radical (unpaired) electrons. The molecule has 0 heterocycles. The lowest BCUT2D eigenvalue weighted by Gasteiger charge is -2.21. The molecule has 1 rings (SSSR count). The van der Waals surface area contributed by atoms with Crippen molar-refractivity contribution in [1.82, 2.24) is 0 Å². The summed E-state index contributed by atoms with van der Waals surface area (Å²) in [5, 5.41) is 3.88. The second-order valence-corrected chi connectivity index (χ2v) is 4.64. The lowest BCUT2D eigenvalue weighted by Crippen LogP contribution is -2.30. The van der Waals surface area contributed by atoms with E-state index >= 15 is 0 Å². The monoisotopic (exact) mass is 255 g/mol. The van der Waals surface area contributed by atoms with Gasteiger partial charge in [-0.2, -0.15) is 0 Å². The fraction of sp³-hybridized carbons (Fsp3) is 0.462. The molecule has 0 aromatic heterocycles. The zero-order chi connectivity index (χ0) is 13.0. The van der Waals surface area contributed by atoms with Crippen molar-refractivity contribution in [2.75, 3.05) is 12.4 Å². The Morgan fingerprint density at radius 2 is 2.06 bits per heavy atom. The number of carbonyl (C=O) groups excluding carboxylic acids is 1. The third-order valence-electron chi connectivity index (χ3n) is 2.83. The Labute approximate surface area is 107 Å². The highest BCUT2D eigenvalue weighted by Gasteiger charge is 2.21. The fourth-order valence-electron chi connectivity index (χ4n) is 1.50. The maximum atomic E-state index is 11.4. The van der Waals surface area contributed by atoms with Crippen LogP contribution in [0, 0.1) is 12.8 Å². The molecule has 1 aromatic carbocycles. The first-order valence-corrected chi connectivity index (χ1v) is 5.94. The van der Waals surface area contributed by atoms with Crippen molar-refractivity contribution in [3.05, 3.63) is 28.8 Å². The van der Waals surface area contributed by atoms with E-state index in [1.807, 2.05) is 39.0 Å². The van der Waals surface area contributed by atoms with Crippen LogP contribution >= 0.6 is 11.6 Å². The lowest BCUT2D eigenvalue weighted by atomic mass is 10.0. The smallest absolute Gasteiger partial charge is 0.310 e. The first-order valence-electron chi connectivity index (χ1n) is 5.56. The van der Waals surface area contributed by atoms with E-state index in [4.69, 9.17) is 16.3 Å². The van der Waals surface area contributed by atoms with Crippen molar-refractivity contribution in [2.45, 2.75) is 26.8 Å². The number of hydrogen-bond donors (Lipinski definition) is 1. The third-order valence-corrected chi connectivity index (χ3v) is 3.14. The van der Waals surface area contributed by atoms with Gasteiger partial charge >= 0.3 is 5.97 Å². The van der Waals surface area contributed by atoms with Crippen LogP contribution in [0.5, 0.6) is 0 Å². The maximum Gasteiger partial charge on any atom is 0.310 e. The average molecular weight is 256 g/mol. The van der Waals surface area contributed by atoms with E-state index < -0.39 is 0 Å². The Bertz CT molecular complexity index is 406. The summed E-state index contributed by atoms with van der Waals surface area (Å²) in [6.07, 6.45) is 0. The summed E-state index contributed by atoms with van der Waals surface area (Å²) in [4.78, 5) is 11.4. The average Bonchev–Trinajstić information content (AvgIpc) is 2.30. The normalized spacial score (nSPS) is 13.9. The number of hydrogen-bond acceptors (Lipinski definition) is 3. The minimum atomic E-state index is -0.228. The lowest BCUT2D eigenvalue weighted by molar-refractivity contribution is -0.145. The van der Waals surface area contributed by atoms with Crippen molar-refractivity contribution < 1.29 is 9.53 Å². The highest BCUT2D eigenvalue weighted by atomic mass is 35.5. The van der Waals surface area contributed by atoms with Crippen LogP contribution < -0.4 is 5.32 Å². The number of rotatable bonds is 4. The van der Waals surface area contributed by atoms with Gasteiger partial charge in [0.15, 0.2) is 0 Å². The predicted molar refractivity (Wildman–Crippen MR) is 70.5 cm³/mol. The van der Waals surface area contributed by atoms with Gasteiger partial charge in [-0.25, -0.2) is 0 Å². The molecule has 1 N–H and O–H groups in total. The molecule has 17 heavy (non-hydrogen) atoms. The largest absolute Gasteiger partial charge is 0.469 e. The Morgan fingerprint density at radius 3 is 2.59 bits per heavy atom. The van der Waals surface area contributed by atoms with Gasteiger partial charge in [0.2, 0.25) is 0 Å². The molecule has 0 amide bonds. The molecule has 2 atom stereocenters. The summed E-state index contributed by atoms with van der Waals surface area (Å²) in [6.45, 7) is 5.74. The number of carbonyl (C=O) groups is 1. The topological polar surface area (TPSA) is 38.3 Å². The molecule has 0 spiro atoms. The van der Waals surface area contributed by atoms with E-state index in [1.165, 1.54) is 7.11 Å². The van der Waals surface area contributed by atoms with Crippen LogP contribution in [-0.2, 0) is 9.53 Å². The number of methoxy groups -OCH3 is 1. The molecule has 0 bridgehead atoms. The minimum Gasteiger partial charge on any atom is -0.469 e. The van der Waals surface area contributed by atoms with Crippen molar-refractivity contribution in [2.24, 2.45) is 5.92 Å². The van der Waals surface area contributed by atoms with Gasteiger partial charge in [0, 0.05) is 6.04 Å². The molecule has 0 fully saturated rings. The van der Waals surface area contributed by atoms with Gasteiger partial charge in [-0.05, 0) is 38.5 Å². The third kappa shape index (κ3) is 3.63. The molecule has 0 aliphatic carbocycles. The standard InChI is InChI=1S/C13H18ClNO2/c1-8-5-6-12(11(14)7-8)15-10(3)9(2)13(16)17-4/h5-7,9-10,15H,1-4H3. The van der Waals surface area contributed by atoms with Crippen LogP contribution in [0.1, 0.15) is 19.4 Å². The second kappa shape index (κ2) is 5.92.